The molecule has 2 aromatic heterocycles. The zero-order valence-corrected chi connectivity index (χ0v) is 18.0. The van der Waals surface area contributed by atoms with Gasteiger partial charge in [-0.25, -0.2) is 4.79 Å². The molecule has 1 saturated heterocycles. The van der Waals surface area contributed by atoms with Gasteiger partial charge in [-0.2, -0.15) is 8.78 Å². The number of imide groups is 1. The summed E-state index contributed by atoms with van der Waals surface area (Å²) in [5, 5.41) is 6.84. The number of rotatable bonds is 5. The maximum atomic E-state index is 13.1. The molecule has 1 aliphatic heterocycles. The summed E-state index contributed by atoms with van der Waals surface area (Å²) in [7, 11) is 0. The van der Waals surface area contributed by atoms with Crippen LogP contribution >= 0.6 is 15.9 Å². The SMILES string of the molecule is CC1(C)C(=O)N(Cc2ccc(-c3nnc(C(F)F)o3)cn2)C(=O)N1c1cccc(Br)c1. The number of urea groups is 1. The number of carbonyl (C=O) groups is 2. The van der Waals surface area contributed by atoms with E-state index >= 15 is 0 Å². The van der Waals surface area contributed by atoms with Crippen molar-refractivity contribution in [2.24, 2.45) is 0 Å². The molecule has 0 bridgehead atoms. The van der Waals surface area contributed by atoms with Gasteiger partial charge in [0, 0.05) is 16.4 Å². The first-order valence-corrected chi connectivity index (χ1v) is 9.96. The highest BCUT2D eigenvalue weighted by molar-refractivity contribution is 9.10. The Bertz CT molecular complexity index is 1150. The van der Waals surface area contributed by atoms with Gasteiger partial charge in [-0.1, -0.05) is 22.0 Å². The third kappa shape index (κ3) is 3.80. The summed E-state index contributed by atoms with van der Waals surface area (Å²) in [6.45, 7) is 3.32. The first-order valence-electron chi connectivity index (χ1n) is 9.17. The fourth-order valence-corrected chi connectivity index (χ4v) is 3.69. The number of hydrogen-bond donors (Lipinski definition) is 0. The van der Waals surface area contributed by atoms with Crippen molar-refractivity contribution in [1.29, 1.82) is 0 Å². The summed E-state index contributed by atoms with van der Waals surface area (Å²) < 4.78 is 30.9. The maximum absolute atomic E-state index is 13.1. The van der Waals surface area contributed by atoms with E-state index in [0.717, 1.165) is 9.37 Å². The minimum absolute atomic E-state index is 0.0437. The monoisotopic (exact) mass is 491 g/mol. The van der Waals surface area contributed by atoms with Gasteiger partial charge >= 0.3 is 12.5 Å². The summed E-state index contributed by atoms with van der Waals surface area (Å²) in [6, 6.07) is 9.79. The number of anilines is 1. The number of hydrogen-bond acceptors (Lipinski definition) is 6. The zero-order valence-electron chi connectivity index (χ0n) is 16.4. The topological polar surface area (TPSA) is 92.4 Å². The molecule has 0 N–H and O–H groups in total. The number of pyridine rings is 1. The highest BCUT2D eigenvalue weighted by Crippen LogP contribution is 2.35. The van der Waals surface area contributed by atoms with Gasteiger partial charge in [-0.05, 0) is 44.2 Å². The maximum Gasteiger partial charge on any atom is 0.332 e. The normalized spacial score (nSPS) is 15.9. The molecule has 0 radical (unpaired) electrons. The van der Waals surface area contributed by atoms with Gasteiger partial charge in [0.15, 0.2) is 0 Å². The van der Waals surface area contributed by atoms with E-state index < -0.39 is 23.9 Å². The number of halogens is 3. The first-order chi connectivity index (χ1) is 14.7. The van der Waals surface area contributed by atoms with Crippen molar-refractivity contribution in [2.75, 3.05) is 4.90 Å². The van der Waals surface area contributed by atoms with E-state index in [-0.39, 0.29) is 18.3 Å². The molecule has 31 heavy (non-hydrogen) atoms. The zero-order chi connectivity index (χ0) is 22.3. The average Bonchev–Trinajstić information content (AvgIpc) is 3.27. The Labute approximate surface area is 184 Å². The van der Waals surface area contributed by atoms with E-state index in [1.165, 1.54) is 11.1 Å². The highest BCUT2D eigenvalue weighted by atomic mass is 79.9. The number of nitrogens with zero attached hydrogens (tertiary/aromatic N) is 5. The lowest BCUT2D eigenvalue weighted by Crippen LogP contribution is -2.44. The molecule has 1 fully saturated rings. The number of aromatic nitrogens is 3. The van der Waals surface area contributed by atoms with Crippen LogP contribution in [-0.2, 0) is 11.3 Å². The molecular formula is C20H16BrF2N5O3. The number of amides is 3. The van der Waals surface area contributed by atoms with Crippen LogP contribution in [0.3, 0.4) is 0 Å². The minimum atomic E-state index is -2.86. The smallest absolute Gasteiger partial charge is 0.332 e. The van der Waals surface area contributed by atoms with Gasteiger partial charge in [0.2, 0.25) is 5.89 Å². The summed E-state index contributed by atoms with van der Waals surface area (Å²) in [5.74, 6) is -1.23. The minimum Gasteiger partial charge on any atom is -0.415 e. The molecule has 0 unspecified atom stereocenters. The van der Waals surface area contributed by atoms with Gasteiger partial charge in [-0.3, -0.25) is 19.6 Å². The van der Waals surface area contributed by atoms with E-state index in [1.54, 1.807) is 44.2 Å². The summed E-state index contributed by atoms with van der Waals surface area (Å²) in [5.41, 5.74) is 0.298. The average molecular weight is 492 g/mol. The molecule has 3 aromatic rings. The number of carbonyl (C=O) groups excluding carboxylic acids is 2. The Balaban J connectivity index is 1.56. The van der Waals surface area contributed by atoms with Crippen molar-refractivity contribution >= 4 is 33.6 Å². The summed E-state index contributed by atoms with van der Waals surface area (Å²) in [6.07, 6.45) is -1.50. The van der Waals surface area contributed by atoms with Crippen LogP contribution in [0.2, 0.25) is 0 Å². The van der Waals surface area contributed by atoms with E-state index in [0.29, 0.717) is 16.9 Å². The molecule has 4 rings (SSSR count). The van der Waals surface area contributed by atoms with Crippen LogP contribution < -0.4 is 4.90 Å². The van der Waals surface area contributed by atoms with Crippen LogP contribution in [0.25, 0.3) is 11.5 Å². The Hall–Kier alpha value is -3.21. The molecule has 160 valence electrons. The molecule has 1 aromatic carbocycles. The van der Waals surface area contributed by atoms with Crippen molar-refractivity contribution in [3.63, 3.8) is 0 Å². The molecule has 3 amide bonds. The highest BCUT2D eigenvalue weighted by Gasteiger charge is 2.52. The Morgan fingerprint density at radius 1 is 1.16 bits per heavy atom. The van der Waals surface area contributed by atoms with Gasteiger partial charge in [0.1, 0.15) is 5.54 Å². The second-order valence-electron chi connectivity index (χ2n) is 7.33. The second kappa shape index (κ2) is 7.80. The lowest BCUT2D eigenvalue weighted by Gasteiger charge is -2.27. The first kappa shape index (κ1) is 21.0. The van der Waals surface area contributed by atoms with Crippen LogP contribution in [0.5, 0.6) is 0 Å². The third-order valence-corrected chi connectivity index (χ3v) is 5.33. The fourth-order valence-electron chi connectivity index (χ4n) is 3.31. The molecule has 1 aliphatic rings. The van der Waals surface area contributed by atoms with E-state index in [4.69, 9.17) is 4.42 Å². The van der Waals surface area contributed by atoms with E-state index in [9.17, 15) is 18.4 Å². The number of benzene rings is 1. The molecule has 0 atom stereocenters. The van der Waals surface area contributed by atoms with Gasteiger partial charge in [0.25, 0.3) is 11.8 Å². The van der Waals surface area contributed by atoms with E-state index in [2.05, 4.69) is 31.1 Å². The third-order valence-electron chi connectivity index (χ3n) is 4.84. The Kier molecular flexibility index (Phi) is 5.29. The molecule has 3 heterocycles. The second-order valence-corrected chi connectivity index (χ2v) is 8.25. The van der Waals surface area contributed by atoms with Crippen molar-refractivity contribution in [1.82, 2.24) is 20.1 Å². The van der Waals surface area contributed by atoms with Crippen LogP contribution in [0.4, 0.5) is 19.3 Å². The van der Waals surface area contributed by atoms with Crippen LogP contribution in [-0.4, -0.2) is 37.6 Å². The predicted octanol–water partition coefficient (Wildman–Crippen LogP) is 4.58. The fraction of sp³-hybridized carbons (Fsp3) is 0.250. The number of alkyl halides is 2. The van der Waals surface area contributed by atoms with E-state index in [1.807, 2.05) is 6.07 Å². The van der Waals surface area contributed by atoms with Crippen molar-refractivity contribution in [3.8, 4) is 11.5 Å². The van der Waals surface area contributed by atoms with Gasteiger partial charge in [-0.15, -0.1) is 10.2 Å². The molecule has 0 saturated carbocycles. The molecular weight excluding hydrogens is 476 g/mol. The summed E-state index contributed by atoms with van der Waals surface area (Å²) in [4.78, 5) is 32.9. The van der Waals surface area contributed by atoms with Crippen LogP contribution in [0.1, 0.15) is 31.9 Å². The lowest BCUT2D eigenvalue weighted by atomic mass is 10.0. The van der Waals surface area contributed by atoms with Crippen LogP contribution in [0.15, 0.2) is 51.5 Å². The molecule has 8 nitrogen and oxygen atoms in total. The van der Waals surface area contributed by atoms with Crippen molar-refractivity contribution in [3.05, 3.63) is 58.7 Å². The Morgan fingerprint density at radius 2 is 1.94 bits per heavy atom. The van der Waals surface area contributed by atoms with Crippen LogP contribution in [0, 0.1) is 0 Å². The Morgan fingerprint density at radius 3 is 2.55 bits per heavy atom. The van der Waals surface area contributed by atoms with Crippen molar-refractivity contribution in [2.45, 2.75) is 32.4 Å². The van der Waals surface area contributed by atoms with Gasteiger partial charge in [0.05, 0.1) is 17.8 Å². The predicted molar refractivity (Wildman–Crippen MR) is 109 cm³/mol. The molecule has 0 spiro atoms. The molecule has 0 aliphatic carbocycles. The molecule has 11 heteroatoms. The largest absolute Gasteiger partial charge is 0.415 e. The standard InChI is InChI=1S/C20H16BrF2N5O3/c1-20(2)18(29)27(19(30)28(20)14-5-3-4-12(21)8-14)10-13-7-6-11(9-24-13)16-25-26-17(31-16)15(22)23/h3-9,15H,10H2,1-2H3. The summed E-state index contributed by atoms with van der Waals surface area (Å²) >= 11 is 3.38. The lowest BCUT2D eigenvalue weighted by molar-refractivity contribution is -0.130. The van der Waals surface area contributed by atoms with Gasteiger partial charge < -0.3 is 4.42 Å². The van der Waals surface area contributed by atoms with Crippen molar-refractivity contribution < 1.29 is 22.8 Å². The quantitative estimate of drug-likeness (QED) is 0.485.